The molecule has 2 N–H and O–H groups in total. The maximum Gasteiger partial charge on any atom is 0.235 e. The first-order valence-corrected chi connectivity index (χ1v) is 6.35. The molecular formula is C12H22N2O7. The molecule has 0 saturated carbocycles. The predicted octanol–water partition coefficient (Wildman–Crippen LogP) is -1.32. The molecule has 0 rings (SSSR count). The Hall–Kier alpha value is -1.44. The number of aliphatic hydroxyl groups is 2. The highest BCUT2D eigenvalue weighted by Gasteiger charge is 1.86. The van der Waals surface area contributed by atoms with Gasteiger partial charge in [0, 0.05) is 0 Å². The molecule has 0 heterocycles. The molecule has 9 heteroatoms. The number of hydrogen-bond donors (Lipinski definition) is 2. The summed E-state index contributed by atoms with van der Waals surface area (Å²) in [5, 5.41) is 16.5. The van der Waals surface area contributed by atoms with E-state index in [2.05, 4.69) is 9.98 Å². The van der Waals surface area contributed by atoms with Gasteiger partial charge in [-0.15, -0.1) is 0 Å². The minimum absolute atomic E-state index is 0.0417. The number of aliphatic imine (C=N–C) groups is 2. The predicted molar refractivity (Wildman–Crippen MR) is 72.6 cm³/mol. The van der Waals surface area contributed by atoms with Crippen molar-refractivity contribution in [3.05, 3.63) is 0 Å². The van der Waals surface area contributed by atoms with Crippen LogP contribution in [0.1, 0.15) is 0 Å². The van der Waals surface area contributed by atoms with Gasteiger partial charge in [-0.3, -0.25) is 0 Å². The second-order valence-corrected chi connectivity index (χ2v) is 3.23. The van der Waals surface area contributed by atoms with Gasteiger partial charge in [0.2, 0.25) is 12.2 Å². The molecule has 0 aliphatic carbocycles. The molecule has 0 aliphatic rings. The van der Waals surface area contributed by atoms with Crippen molar-refractivity contribution in [2.75, 3.05) is 65.9 Å². The highest BCUT2D eigenvalue weighted by molar-refractivity contribution is 5.32. The lowest BCUT2D eigenvalue weighted by Gasteiger charge is -2.01. The van der Waals surface area contributed by atoms with Crippen LogP contribution in [0, 0.1) is 0 Å². The number of aliphatic hydroxyl groups excluding tert-OH is 2. The van der Waals surface area contributed by atoms with Crippen molar-refractivity contribution in [2.45, 2.75) is 0 Å². The topological polar surface area (TPSA) is 127 Å². The molecular weight excluding hydrogens is 284 g/mol. The summed E-state index contributed by atoms with van der Waals surface area (Å²) in [6.07, 6.45) is 2.76. The third kappa shape index (κ3) is 27.7. The molecule has 0 aromatic rings. The van der Waals surface area contributed by atoms with E-state index in [0.29, 0.717) is 52.7 Å². The van der Waals surface area contributed by atoms with Crippen LogP contribution in [0.5, 0.6) is 0 Å². The Morgan fingerprint density at radius 2 is 1.05 bits per heavy atom. The third-order valence-corrected chi connectivity index (χ3v) is 1.67. The highest BCUT2D eigenvalue weighted by atomic mass is 16.5. The lowest BCUT2D eigenvalue weighted by atomic mass is 10.7. The third-order valence-electron chi connectivity index (χ3n) is 1.67. The molecule has 0 saturated heterocycles. The van der Waals surface area contributed by atoms with Crippen molar-refractivity contribution in [3.63, 3.8) is 0 Å². The maximum absolute atomic E-state index is 9.52. The van der Waals surface area contributed by atoms with Gasteiger partial charge in [0.1, 0.15) is 0 Å². The van der Waals surface area contributed by atoms with Gasteiger partial charge in [0.15, 0.2) is 0 Å². The van der Waals surface area contributed by atoms with E-state index >= 15 is 0 Å². The van der Waals surface area contributed by atoms with Gasteiger partial charge in [-0.1, -0.05) is 0 Å². The first-order chi connectivity index (χ1) is 10.3. The van der Waals surface area contributed by atoms with Crippen molar-refractivity contribution >= 4 is 12.2 Å². The van der Waals surface area contributed by atoms with Crippen LogP contribution in [-0.2, 0) is 23.8 Å². The van der Waals surface area contributed by atoms with Crippen molar-refractivity contribution in [1.29, 1.82) is 0 Å². The number of nitrogens with zero attached hydrogens (tertiary/aromatic N) is 2. The summed E-state index contributed by atoms with van der Waals surface area (Å²) in [6, 6.07) is 0. The van der Waals surface area contributed by atoms with Crippen LogP contribution in [0.2, 0.25) is 0 Å². The summed E-state index contributed by atoms with van der Waals surface area (Å²) in [5.41, 5.74) is 0. The standard InChI is InChI=1S/C6H8N2O3.C6H14O4/c9-5-7-1-3-11-4-2-8-6-10;7-1-3-9-5-6-10-4-2-8/h1-4H2;7-8H,1-6H2. The van der Waals surface area contributed by atoms with E-state index in [0.717, 1.165) is 0 Å². The normalized spacial score (nSPS) is 9.05. The largest absolute Gasteiger partial charge is 0.394 e. The molecule has 0 fully saturated rings. The van der Waals surface area contributed by atoms with Crippen LogP contribution >= 0.6 is 0 Å². The Morgan fingerprint density at radius 3 is 1.38 bits per heavy atom. The molecule has 0 aliphatic heterocycles. The van der Waals surface area contributed by atoms with E-state index in [1.807, 2.05) is 0 Å². The van der Waals surface area contributed by atoms with E-state index in [4.69, 9.17) is 24.4 Å². The number of isocyanates is 2. The summed E-state index contributed by atoms with van der Waals surface area (Å²) in [5.74, 6) is 0. The van der Waals surface area contributed by atoms with Crippen molar-refractivity contribution < 1.29 is 34.0 Å². The Bertz CT molecular complexity index is 261. The van der Waals surface area contributed by atoms with Crippen molar-refractivity contribution in [2.24, 2.45) is 9.98 Å². The molecule has 0 spiro atoms. The zero-order valence-electron chi connectivity index (χ0n) is 11.9. The molecule has 122 valence electrons. The van der Waals surface area contributed by atoms with Crippen LogP contribution in [0.15, 0.2) is 9.98 Å². The van der Waals surface area contributed by atoms with E-state index in [1.165, 1.54) is 12.2 Å². The minimum Gasteiger partial charge on any atom is -0.394 e. The zero-order chi connectivity index (χ0) is 16.0. The lowest BCUT2D eigenvalue weighted by molar-refractivity contribution is 0.0222. The van der Waals surface area contributed by atoms with E-state index < -0.39 is 0 Å². The van der Waals surface area contributed by atoms with E-state index in [1.54, 1.807) is 0 Å². The summed E-state index contributed by atoms with van der Waals surface area (Å²) >= 11 is 0. The van der Waals surface area contributed by atoms with Crippen LogP contribution in [0.4, 0.5) is 0 Å². The summed E-state index contributed by atoms with van der Waals surface area (Å²) < 4.78 is 14.6. The average molecular weight is 306 g/mol. The number of rotatable bonds is 13. The van der Waals surface area contributed by atoms with Gasteiger partial charge in [0.05, 0.1) is 65.9 Å². The summed E-state index contributed by atoms with van der Waals surface area (Å²) in [4.78, 5) is 25.5. The Labute approximate surface area is 123 Å². The van der Waals surface area contributed by atoms with Crippen LogP contribution in [-0.4, -0.2) is 88.3 Å². The maximum atomic E-state index is 9.52. The molecule has 0 aromatic heterocycles. The molecule has 21 heavy (non-hydrogen) atoms. The van der Waals surface area contributed by atoms with Gasteiger partial charge < -0.3 is 24.4 Å². The number of carbonyl (C=O) groups excluding carboxylic acids is 2. The van der Waals surface area contributed by atoms with Crippen LogP contribution in [0.3, 0.4) is 0 Å². The zero-order valence-corrected chi connectivity index (χ0v) is 11.9. The fraction of sp³-hybridized carbons (Fsp3) is 0.833. The van der Waals surface area contributed by atoms with Gasteiger partial charge in [0.25, 0.3) is 0 Å². The van der Waals surface area contributed by atoms with E-state index in [9.17, 15) is 9.59 Å². The second kappa shape index (κ2) is 23.6. The second-order valence-electron chi connectivity index (χ2n) is 3.23. The fourth-order valence-electron chi connectivity index (χ4n) is 0.865. The van der Waals surface area contributed by atoms with Gasteiger partial charge in [-0.05, 0) is 0 Å². The van der Waals surface area contributed by atoms with Crippen LogP contribution < -0.4 is 0 Å². The first-order valence-electron chi connectivity index (χ1n) is 6.35. The number of ether oxygens (including phenoxy) is 3. The highest BCUT2D eigenvalue weighted by Crippen LogP contribution is 1.77. The number of hydrogen-bond acceptors (Lipinski definition) is 9. The van der Waals surface area contributed by atoms with Gasteiger partial charge in [-0.2, -0.15) is 0 Å². The molecule has 0 bridgehead atoms. The van der Waals surface area contributed by atoms with Gasteiger partial charge in [-0.25, -0.2) is 19.6 Å². The fourth-order valence-corrected chi connectivity index (χ4v) is 0.865. The summed E-state index contributed by atoms with van der Waals surface area (Å²) in [7, 11) is 0. The monoisotopic (exact) mass is 306 g/mol. The Balaban J connectivity index is 0. The Kier molecular flexibility index (Phi) is 24.6. The van der Waals surface area contributed by atoms with Crippen molar-refractivity contribution in [1.82, 2.24) is 0 Å². The smallest absolute Gasteiger partial charge is 0.235 e. The SMILES string of the molecule is O=C=NCCOCCN=C=O.OCCOCCOCCO. The molecule has 0 aromatic carbocycles. The van der Waals surface area contributed by atoms with Crippen LogP contribution in [0.25, 0.3) is 0 Å². The quantitative estimate of drug-likeness (QED) is 0.245. The minimum atomic E-state index is 0.0417. The first kappa shape index (κ1) is 21.9. The van der Waals surface area contributed by atoms with E-state index in [-0.39, 0.29) is 13.2 Å². The van der Waals surface area contributed by atoms with Crippen molar-refractivity contribution in [3.8, 4) is 0 Å². The summed E-state index contributed by atoms with van der Waals surface area (Å²) in [6.45, 7) is 3.03. The average Bonchev–Trinajstić information content (AvgIpc) is 2.51. The molecule has 9 nitrogen and oxygen atoms in total. The molecule has 0 amide bonds. The molecule has 0 radical (unpaired) electrons. The lowest BCUT2D eigenvalue weighted by Crippen LogP contribution is -2.09. The Morgan fingerprint density at radius 1 is 0.667 bits per heavy atom. The molecule has 0 unspecified atom stereocenters. The molecule has 0 atom stereocenters. The van der Waals surface area contributed by atoms with Gasteiger partial charge >= 0.3 is 0 Å².